The maximum atomic E-state index is 12.2. The third-order valence-electron chi connectivity index (χ3n) is 5.49. The number of carbonyl (C=O) groups excluding carboxylic acids is 1. The minimum atomic E-state index is -0.761. The average molecular weight is 344 g/mol. The molecule has 2 fully saturated rings. The molecule has 25 heavy (non-hydrogen) atoms. The molecule has 1 saturated carbocycles. The van der Waals surface area contributed by atoms with Crippen LogP contribution in [0.4, 0.5) is 5.69 Å². The van der Waals surface area contributed by atoms with E-state index in [0.29, 0.717) is 18.9 Å². The van der Waals surface area contributed by atoms with Gasteiger partial charge in [0.1, 0.15) is 0 Å². The van der Waals surface area contributed by atoms with Crippen molar-refractivity contribution in [2.45, 2.75) is 50.9 Å². The first-order valence-corrected chi connectivity index (χ1v) is 9.47. The van der Waals surface area contributed by atoms with Gasteiger partial charge in [0.25, 0.3) is 0 Å². The van der Waals surface area contributed by atoms with Crippen LogP contribution in [0.25, 0.3) is 0 Å². The summed E-state index contributed by atoms with van der Waals surface area (Å²) in [5.74, 6) is -0.518. The molecular formula is C20H28N2O3. The number of piperidine rings is 1. The minimum absolute atomic E-state index is 0.0727. The Morgan fingerprint density at radius 2 is 1.76 bits per heavy atom. The van der Waals surface area contributed by atoms with Crippen LogP contribution in [0.1, 0.15) is 56.4 Å². The second kappa shape index (κ2) is 8.48. The number of hydrogen-bond donors (Lipinski definition) is 2. The molecule has 0 spiro atoms. The lowest BCUT2D eigenvalue weighted by atomic mass is 9.84. The third-order valence-corrected chi connectivity index (χ3v) is 5.49. The molecule has 5 nitrogen and oxygen atoms in total. The summed E-state index contributed by atoms with van der Waals surface area (Å²) in [4.78, 5) is 25.3. The van der Waals surface area contributed by atoms with Crippen molar-refractivity contribution in [3.63, 3.8) is 0 Å². The van der Waals surface area contributed by atoms with E-state index in [1.54, 1.807) is 0 Å². The molecule has 1 aromatic carbocycles. The lowest BCUT2D eigenvalue weighted by Gasteiger charge is -2.29. The van der Waals surface area contributed by atoms with Gasteiger partial charge in [-0.15, -0.1) is 0 Å². The topological polar surface area (TPSA) is 69.6 Å². The van der Waals surface area contributed by atoms with E-state index in [1.165, 1.54) is 37.7 Å². The Balaban J connectivity index is 1.50. The molecule has 2 N–H and O–H groups in total. The Labute approximate surface area is 149 Å². The van der Waals surface area contributed by atoms with Gasteiger partial charge in [0.15, 0.2) is 0 Å². The molecule has 0 bridgehead atoms. The number of anilines is 1. The predicted molar refractivity (Wildman–Crippen MR) is 97.7 cm³/mol. The van der Waals surface area contributed by atoms with Crippen LogP contribution in [0, 0.1) is 5.92 Å². The second-order valence-electron chi connectivity index (χ2n) is 7.42. The SMILES string of the molecule is O=C(CN1CCCC(C(=O)O)C1)Nc1ccc(C2CCCCC2)cc1. The molecule has 5 heteroatoms. The van der Waals surface area contributed by atoms with E-state index in [4.69, 9.17) is 5.11 Å². The van der Waals surface area contributed by atoms with Gasteiger partial charge in [0.2, 0.25) is 5.91 Å². The molecule has 1 aliphatic heterocycles. The van der Waals surface area contributed by atoms with E-state index in [1.807, 2.05) is 17.0 Å². The predicted octanol–water partition coefficient (Wildman–Crippen LogP) is 3.47. The van der Waals surface area contributed by atoms with Crippen molar-refractivity contribution < 1.29 is 14.7 Å². The summed E-state index contributed by atoms with van der Waals surface area (Å²) < 4.78 is 0. The van der Waals surface area contributed by atoms with Gasteiger partial charge < -0.3 is 10.4 Å². The second-order valence-corrected chi connectivity index (χ2v) is 7.42. The Kier molecular flexibility index (Phi) is 6.08. The van der Waals surface area contributed by atoms with E-state index in [9.17, 15) is 9.59 Å². The quantitative estimate of drug-likeness (QED) is 0.858. The molecule has 1 amide bonds. The fourth-order valence-electron chi connectivity index (χ4n) is 4.08. The number of likely N-dealkylation sites (tertiary alicyclic amines) is 1. The van der Waals surface area contributed by atoms with E-state index in [2.05, 4.69) is 17.4 Å². The fourth-order valence-corrected chi connectivity index (χ4v) is 4.08. The standard InChI is InChI=1S/C20H28N2O3/c23-19(14-22-12-4-7-17(13-22)20(24)25)21-18-10-8-16(9-11-18)15-5-2-1-3-6-15/h8-11,15,17H,1-7,12-14H2,(H,21,23)(H,24,25). The molecule has 1 aliphatic carbocycles. The highest BCUT2D eigenvalue weighted by molar-refractivity contribution is 5.92. The Morgan fingerprint density at radius 1 is 1.04 bits per heavy atom. The van der Waals surface area contributed by atoms with Gasteiger partial charge in [0.05, 0.1) is 12.5 Å². The van der Waals surface area contributed by atoms with Crippen LogP contribution in [0.5, 0.6) is 0 Å². The Morgan fingerprint density at radius 3 is 2.44 bits per heavy atom. The number of aliphatic carboxylic acids is 1. The van der Waals surface area contributed by atoms with Gasteiger partial charge in [-0.3, -0.25) is 14.5 Å². The van der Waals surface area contributed by atoms with Crippen molar-refractivity contribution in [2.24, 2.45) is 5.92 Å². The molecule has 1 unspecified atom stereocenters. The van der Waals surface area contributed by atoms with Crippen molar-refractivity contribution in [2.75, 3.05) is 25.0 Å². The molecule has 1 heterocycles. The molecule has 3 rings (SSSR count). The lowest BCUT2D eigenvalue weighted by Crippen LogP contribution is -2.42. The fraction of sp³-hybridized carbons (Fsp3) is 0.600. The van der Waals surface area contributed by atoms with E-state index < -0.39 is 5.97 Å². The van der Waals surface area contributed by atoms with Gasteiger partial charge in [-0.2, -0.15) is 0 Å². The maximum Gasteiger partial charge on any atom is 0.307 e. The van der Waals surface area contributed by atoms with Gasteiger partial charge in [-0.25, -0.2) is 0 Å². The largest absolute Gasteiger partial charge is 0.481 e. The molecular weight excluding hydrogens is 316 g/mol. The van der Waals surface area contributed by atoms with E-state index in [0.717, 1.165) is 18.7 Å². The lowest BCUT2D eigenvalue weighted by molar-refractivity contribution is -0.144. The highest BCUT2D eigenvalue weighted by atomic mass is 16.4. The van der Waals surface area contributed by atoms with Crippen LogP contribution in [-0.2, 0) is 9.59 Å². The number of carboxylic acid groups (broad SMARTS) is 1. The summed E-state index contributed by atoms with van der Waals surface area (Å²) in [5.41, 5.74) is 2.19. The van der Waals surface area contributed by atoms with Crippen LogP contribution in [0.2, 0.25) is 0 Å². The summed E-state index contributed by atoms with van der Waals surface area (Å²) in [6.07, 6.45) is 8.06. The molecule has 0 radical (unpaired) electrons. The van der Waals surface area contributed by atoms with Crippen LogP contribution < -0.4 is 5.32 Å². The zero-order chi connectivity index (χ0) is 17.6. The number of nitrogens with one attached hydrogen (secondary N) is 1. The maximum absolute atomic E-state index is 12.2. The monoisotopic (exact) mass is 344 g/mol. The summed E-state index contributed by atoms with van der Waals surface area (Å²) in [7, 11) is 0. The first kappa shape index (κ1) is 17.9. The molecule has 0 aromatic heterocycles. The molecule has 1 aromatic rings. The Bertz CT molecular complexity index is 593. The number of carboxylic acids is 1. The summed E-state index contributed by atoms with van der Waals surface area (Å²) in [6, 6.07) is 8.23. The number of benzene rings is 1. The number of nitrogens with zero attached hydrogens (tertiary/aromatic N) is 1. The summed E-state index contributed by atoms with van der Waals surface area (Å²) in [5, 5.41) is 12.1. The highest BCUT2D eigenvalue weighted by Crippen LogP contribution is 2.32. The van der Waals surface area contributed by atoms with Crippen LogP contribution in [0.3, 0.4) is 0 Å². The van der Waals surface area contributed by atoms with Gasteiger partial charge in [-0.1, -0.05) is 31.4 Å². The van der Waals surface area contributed by atoms with Crippen LogP contribution in [-0.4, -0.2) is 41.5 Å². The smallest absolute Gasteiger partial charge is 0.307 e. The van der Waals surface area contributed by atoms with Crippen LogP contribution >= 0.6 is 0 Å². The normalized spacial score (nSPS) is 22.5. The van der Waals surface area contributed by atoms with Crippen molar-refractivity contribution in [3.05, 3.63) is 29.8 Å². The van der Waals surface area contributed by atoms with E-state index >= 15 is 0 Å². The zero-order valence-electron chi connectivity index (χ0n) is 14.7. The van der Waals surface area contributed by atoms with Crippen LogP contribution in [0.15, 0.2) is 24.3 Å². The van der Waals surface area contributed by atoms with Gasteiger partial charge in [-0.05, 0) is 55.8 Å². The third kappa shape index (κ3) is 5.05. The van der Waals surface area contributed by atoms with Crippen molar-refractivity contribution in [3.8, 4) is 0 Å². The zero-order valence-corrected chi connectivity index (χ0v) is 14.7. The summed E-state index contributed by atoms with van der Waals surface area (Å²) in [6.45, 7) is 1.51. The number of amides is 1. The Hall–Kier alpha value is -1.88. The molecule has 1 atom stereocenters. The first-order valence-electron chi connectivity index (χ1n) is 9.47. The number of hydrogen-bond acceptors (Lipinski definition) is 3. The average Bonchev–Trinajstić information content (AvgIpc) is 2.63. The number of carbonyl (C=O) groups is 2. The van der Waals surface area contributed by atoms with Crippen molar-refractivity contribution >= 4 is 17.6 Å². The minimum Gasteiger partial charge on any atom is -0.481 e. The van der Waals surface area contributed by atoms with Gasteiger partial charge >= 0.3 is 5.97 Å². The summed E-state index contributed by atoms with van der Waals surface area (Å²) >= 11 is 0. The number of rotatable bonds is 5. The highest BCUT2D eigenvalue weighted by Gasteiger charge is 2.26. The van der Waals surface area contributed by atoms with Crippen molar-refractivity contribution in [1.29, 1.82) is 0 Å². The first-order chi connectivity index (χ1) is 12.1. The molecule has 2 aliphatic rings. The molecule has 136 valence electrons. The van der Waals surface area contributed by atoms with Crippen molar-refractivity contribution in [1.82, 2.24) is 4.90 Å². The van der Waals surface area contributed by atoms with Gasteiger partial charge in [0, 0.05) is 12.2 Å². The molecule has 1 saturated heterocycles. The van der Waals surface area contributed by atoms with E-state index in [-0.39, 0.29) is 18.4 Å².